The summed E-state index contributed by atoms with van der Waals surface area (Å²) in [5, 5.41) is 6.31. The molecule has 8 heavy (non-hydrogen) atoms. The molecule has 2 N–H and O–H groups in total. The number of rotatable bonds is 2. The molecule has 0 rings (SSSR count). The van der Waals surface area contributed by atoms with Gasteiger partial charge < -0.3 is 10.6 Å². The lowest BCUT2D eigenvalue weighted by Gasteiger charge is -2.01. The molecule has 2 nitrogen and oxygen atoms in total. The Kier molecular flexibility index (Phi) is 4.26. The minimum absolute atomic E-state index is 0.657. The van der Waals surface area contributed by atoms with Crippen LogP contribution in [-0.2, 0) is 0 Å². The zero-order valence-electron chi connectivity index (χ0n) is 4.90. The highest BCUT2D eigenvalue weighted by Crippen LogP contribution is 1.62. The van der Waals surface area contributed by atoms with Crippen molar-refractivity contribution in [1.82, 2.24) is 10.6 Å². The molecule has 0 aromatic heterocycles. The van der Waals surface area contributed by atoms with Gasteiger partial charge in [-0.3, -0.25) is 0 Å². The van der Waals surface area contributed by atoms with Gasteiger partial charge in [0.05, 0.1) is 0 Å². The quantitative estimate of drug-likeness (QED) is 0.414. The molecule has 0 aliphatic heterocycles. The second-order valence-corrected chi connectivity index (χ2v) is 1.66. The predicted octanol–water partition coefficient (Wildman–Crippen LogP) is 0.266. The van der Waals surface area contributed by atoms with E-state index in [1.54, 1.807) is 13.1 Å². The van der Waals surface area contributed by atoms with Crippen molar-refractivity contribution >= 4 is 17.3 Å². The number of hydrogen-bond donors (Lipinski definition) is 2. The van der Waals surface area contributed by atoms with Crippen LogP contribution in [0, 0.1) is 0 Å². The van der Waals surface area contributed by atoms with Gasteiger partial charge in [0.15, 0.2) is 5.11 Å². The minimum atomic E-state index is 0.657. The van der Waals surface area contributed by atoms with E-state index in [-0.39, 0.29) is 0 Å². The predicted molar refractivity (Wildman–Crippen MR) is 39.9 cm³/mol. The zero-order valence-corrected chi connectivity index (χ0v) is 5.72. The smallest absolute Gasteiger partial charge is 0.166 e. The summed E-state index contributed by atoms with van der Waals surface area (Å²) < 4.78 is 0. The Morgan fingerprint density at radius 2 is 2.50 bits per heavy atom. The fourth-order valence-corrected chi connectivity index (χ4v) is 0.337. The third-order valence-corrected chi connectivity index (χ3v) is 0.982. The average molecular weight is 130 g/mol. The first-order valence-electron chi connectivity index (χ1n) is 2.37. The Labute approximate surface area is 55.0 Å². The van der Waals surface area contributed by atoms with Crippen LogP contribution in [0.15, 0.2) is 12.7 Å². The summed E-state index contributed by atoms with van der Waals surface area (Å²) in [5.41, 5.74) is 0. The van der Waals surface area contributed by atoms with Gasteiger partial charge >= 0.3 is 0 Å². The normalized spacial score (nSPS) is 7.62. The molecule has 0 unspecified atom stereocenters. The van der Waals surface area contributed by atoms with Crippen LogP contribution in [0.1, 0.15) is 0 Å². The monoisotopic (exact) mass is 130 g/mol. The van der Waals surface area contributed by atoms with Crippen LogP contribution in [0.2, 0.25) is 0 Å². The van der Waals surface area contributed by atoms with E-state index in [0.29, 0.717) is 5.11 Å². The van der Waals surface area contributed by atoms with Crippen LogP contribution in [0.25, 0.3) is 0 Å². The van der Waals surface area contributed by atoms with Crippen molar-refractivity contribution in [2.45, 2.75) is 0 Å². The molecule has 0 aromatic rings. The van der Waals surface area contributed by atoms with Crippen molar-refractivity contribution in [2.75, 3.05) is 13.6 Å². The van der Waals surface area contributed by atoms with E-state index in [1.807, 2.05) is 0 Å². The minimum Gasteiger partial charge on any atom is -0.366 e. The van der Waals surface area contributed by atoms with Crippen LogP contribution in [0.3, 0.4) is 0 Å². The molecule has 0 radical (unpaired) electrons. The van der Waals surface area contributed by atoms with Crippen molar-refractivity contribution in [1.29, 1.82) is 0 Å². The molecule has 0 amide bonds. The van der Waals surface area contributed by atoms with Crippen molar-refractivity contribution in [2.24, 2.45) is 0 Å². The van der Waals surface area contributed by atoms with E-state index in [4.69, 9.17) is 12.2 Å². The van der Waals surface area contributed by atoms with Gasteiger partial charge in [-0.15, -0.1) is 6.58 Å². The lowest BCUT2D eigenvalue weighted by molar-refractivity contribution is 0.991. The Balaban J connectivity index is 3.11. The Morgan fingerprint density at radius 1 is 1.88 bits per heavy atom. The third-order valence-electron chi connectivity index (χ3n) is 0.634. The van der Waals surface area contributed by atoms with E-state index in [1.165, 1.54) is 0 Å². The number of hydrogen-bond acceptors (Lipinski definition) is 1. The highest BCUT2D eigenvalue weighted by atomic mass is 32.1. The van der Waals surface area contributed by atoms with Crippen molar-refractivity contribution in [3.05, 3.63) is 12.7 Å². The molecule has 0 atom stereocenters. The maximum absolute atomic E-state index is 4.75. The van der Waals surface area contributed by atoms with E-state index >= 15 is 0 Å². The van der Waals surface area contributed by atoms with Gasteiger partial charge in [0, 0.05) is 13.6 Å². The Hall–Kier alpha value is -0.570. The average Bonchev–Trinajstić information content (AvgIpc) is 1.83. The SMILES string of the molecule is C=CCNC(=S)NC. The van der Waals surface area contributed by atoms with Gasteiger partial charge in [-0.2, -0.15) is 0 Å². The van der Waals surface area contributed by atoms with Crippen LogP contribution in [0.4, 0.5) is 0 Å². The first-order chi connectivity index (χ1) is 3.81. The molecule has 0 aliphatic carbocycles. The zero-order chi connectivity index (χ0) is 6.41. The molecule has 0 saturated carbocycles. The second kappa shape index (κ2) is 4.59. The molecule has 0 aromatic carbocycles. The third kappa shape index (κ3) is 3.61. The van der Waals surface area contributed by atoms with Gasteiger partial charge in [-0.1, -0.05) is 6.08 Å². The molecule has 0 aliphatic rings. The second-order valence-electron chi connectivity index (χ2n) is 1.25. The summed E-state index contributed by atoms with van der Waals surface area (Å²) in [6.45, 7) is 4.24. The summed E-state index contributed by atoms with van der Waals surface area (Å²) in [5.74, 6) is 0. The van der Waals surface area contributed by atoms with Crippen molar-refractivity contribution in [3.63, 3.8) is 0 Å². The van der Waals surface area contributed by atoms with Crippen LogP contribution >= 0.6 is 12.2 Å². The van der Waals surface area contributed by atoms with E-state index in [9.17, 15) is 0 Å². The van der Waals surface area contributed by atoms with Crippen LogP contribution < -0.4 is 10.6 Å². The summed E-state index contributed by atoms with van der Waals surface area (Å²) >= 11 is 4.75. The first kappa shape index (κ1) is 7.43. The molecule has 3 heteroatoms. The summed E-state index contributed by atoms with van der Waals surface area (Å²) in [6.07, 6.45) is 1.75. The molecule has 0 fully saturated rings. The van der Waals surface area contributed by atoms with E-state index in [2.05, 4.69) is 17.2 Å². The van der Waals surface area contributed by atoms with Crippen LogP contribution in [0.5, 0.6) is 0 Å². The maximum atomic E-state index is 4.75. The largest absolute Gasteiger partial charge is 0.366 e. The molecule has 0 bridgehead atoms. The lowest BCUT2D eigenvalue weighted by Crippen LogP contribution is -2.32. The first-order valence-corrected chi connectivity index (χ1v) is 2.78. The fourth-order valence-electron chi connectivity index (χ4n) is 0.253. The summed E-state index contributed by atoms with van der Waals surface area (Å²) in [4.78, 5) is 0. The topological polar surface area (TPSA) is 24.1 Å². The fraction of sp³-hybridized carbons (Fsp3) is 0.400. The van der Waals surface area contributed by atoms with Gasteiger partial charge in [0.1, 0.15) is 0 Å². The van der Waals surface area contributed by atoms with Crippen LogP contribution in [-0.4, -0.2) is 18.7 Å². The van der Waals surface area contributed by atoms with Crippen molar-refractivity contribution in [3.8, 4) is 0 Å². The molecule has 0 spiro atoms. The van der Waals surface area contributed by atoms with Gasteiger partial charge in [-0.05, 0) is 12.2 Å². The maximum Gasteiger partial charge on any atom is 0.166 e. The highest BCUT2D eigenvalue weighted by Gasteiger charge is 1.82. The summed E-state index contributed by atoms with van der Waals surface area (Å²) in [6, 6.07) is 0. The van der Waals surface area contributed by atoms with E-state index in [0.717, 1.165) is 6.54 Å². The van der Waals surface area contributed by atoms with Crippen molar-refractivity contribution < 1.29 is 0 Å². The molecule has 46 valence electrons. The molecular weight excluding hydrogens is 120 g/mol. The van der Waals surface area contributed by atoms with Gasteiger partial charge in [-0.25, -0.2) is 0 Å². The van der Waals surface area contributed by atoms with E-state index < -0.39 is 0 Å². The standard InChI is InChI=1S/C5H10N2S/c1-3-4-7-5(8)6-2/h3H,1,4H2,2H3,(H2,6,7,8). The lowest BCUT2D eigenvalue weighted by atomic mass is 10.6. The molecular formula is C5H10N2S. The number of nitrogens with one attached hydrogen (secondary N) is 2. The highest BCUT2D eigenvalue weighted by molar-refractivity contribution is 7.80. The molecule has 0 saturated heterocycles. The van der Waals surface area contributed by atoms with Gasteiger partial charge in [0.25, 0.3) is 0 Å². The molecule has 0 heterocycles. The number of thiocarbonyl (C=S) groups is 1. The Bertz CT molecular complexity index is 90.4. The summed E-state index contributed by atoms with van der Waals surface area (Å²) in [7, 11) is 1.78. The Morgan fingerprint density at radius 3 is 2.88 bits per heavy atom. The van der Waals surface area contributed by atoms with Gasteiger partial charge in [0.2, 0.25) is 0 Å².